The number of carboxylic acid groups (broad SMARTS) is 1. The molecule has 23 heavy (non-hydrogen) atoms. The van der Waals surface area contributed by atoms with E-state index in [0.29, 0.717) is 0 Å². The van der Waals surface area contributed by atoms with Crippen LogP contribution in [0.3, 0.4) is 0 Å². The van der Waals surface area contributed by atoms with Crippen LogP contribution in [0.15, 0.2) is 29.4 Å². The van der Waals surface area contributed by atoms with Crippen LogP contribution < -0.4 is 10.0 Å². The number of aromatic nitrogens is 1. The zero-order valence-corrected chi connectivity index (χ0v) is 13.7. The van der Waals surface area contributed by atoms with E-state index in [-0.39, 0.29) is 24.5 Å². The van der Waals surface area contributed by atoms with E-state index in [1.165, 1.54) is 43.4 Å². The number of carbonyl (C=O) groups is 2. The standard InChI is InChI=1S/C13H20N4O5S/c1-10(12(18)19)9-17(2)13(20)15-6-7-16-23(21,22)11-4-3-5-14-8-11/h3-5,8,10,16H,6-7,9H2,1-2H3,(H,15,20)(H,18,19). The van der Waals surface area contributed by atoms with Crippen molar-refractivity contribution in [3.05, 3.63) is 24.5 Å². The van der Waals surface area contributed by atoms with E-state index in [2.05, 4.69) is 15.0 Å². The molecule has 0 radical (unpaired) electrons. The van der Waals surface area contributed by atoms with Crippen molar-refractivity contribution in [2.24, 2.45) is 5.92 Å². The van der Waals surface area contributed by atoms with Gasteiger partial charge in [-0.05, 0) is 12.1 Å². The average Bonchev–Trinajstić information content (AvgIpc) is 2.52. The zero-order valence-electron chi connectivity index (χ0n) is 12.9. The number of hydrogen-bond acceptors (Lipinski definition) is 5. The highest BCUT2D eigenvalue weighted by Gasteiger charge is 2.17. The Balaban J connectivity index is 2.37. The topological polar surface area (TPSA) is 129 Å². The predicted octanol–water partition coefficient (Wildman–Crippen LogP) is -0.278. The van der Waals surface area contributed by atoms with Gasteiger partial charge in [0, 0.05) is 39.1 Å². The number of nitrogens with one attached hydrogen (secondary N) is 2. The van der Waals surface area contributed by atoms with Gasteiger partial charge in [0.25, 0.3) is 0 Å². The van der Waals surface area contributed by atoms with E-state index in [1.54, 1.807) is 0 Å². The molecule has 0 bridgehead atoms. The molecule has 2 amide bonds. The smallest absolute Gasteiger partial charge is 0.317 e. The number of nitrogens with zero attached hydrogens (tertiary/aromatic N) is 2. The number of carbonyl (C=O) groups excluding carboxylic acids is 1. The molecule has 3 N–H and O–H groups in total. The molecule has 1 atom stereocenters. The lowest BCUT2D eigenvalue weighted by molar-refractivity contribution is -0.141. The van der Waals surface area contributed by atoms with Gasteiger partial charge in [-0.3, -0.25) is 9.78 Å². The first-order valence-corrected chi connectivity index (χ1v) is 8.34. The van der Waals surface area contributed by atoms with Crippen molar-refractivity contribution in [1.82, 2.24) is 19.9 Å². The van der Waals surface area contributed by atoms with Gasteiger partial charge < -0.3 is 15.3 Å². The van der Waals surface area contributed by atoms with Crippen molar-refractivity contribution in [3.63, 3.8) is 0 Å². The molecular formula is C13H20N4O5S. The zero-order chi connectivity index (χ0) is 17.5. The van der Waals surface area contributed by atoms with Crippen LogP contribution in [0.25, 0.3) is 0 Å². The molecule has 9 nitrogen and oxygen atoms in total. The lowest BCUT2D eigenvalue weighted by Gasteiger charge is -2.20. The number of sulfonamides is 1. The number of carboxylic acids is 1. The lowest BCUT2D eigenvalue weighted by atomic mass is 10.2. The van der Waals surface area contributed by atoms with Crippen LogP contribution in [-0.4, -0.2) is 62.1 Å². The van der Waals surface area contributed by atoms with Crippen LogP contribution in [-0.2, 0) is 14.8 Å². The van der Waals surface area contributed by atoms with Crippen molar-refractivity contribution in [1.29, 1.82) is 0 Å². The Morgan fingerprint density at radius 1 is 1.39 bits per heavy atom. The normalized spacial score (nSPS) is 12.4. The summed E-state index contributed by atoms with van der Waals surface area (Å²) in [7, 11) is -2.20. The number of pyridine rings is 1. The molecular weight excluding hydrogens is 324 g/mol. The largest absolute Gasteiger partial charge is 0.481 e. The highest BCUT2D eigenvalue weighted by molar-refractivity contribution is 7.89. The predicted molar refractivity (Wildman–Crippen MR) is 82.3 cm³/mol. The SMILES string of the molecule is CC(CN(C)C(=O)NCCNS(=O)(=O)c1cccnc1)C(=O)O. The molecule has 0 aliphatic heterocycles. The van der Waals surface area contributed by atoms with Crippen molar-refractivity contribution in [2.75, 3.05) is 26.7 Å². The van der Waals surface area contributed by atoms with Crippen molar-refractivity contribution in [2.45, 2.75) is 11.8 Å². The molecule has 1 rings (SSSR count). The third kappa shape index (κ3) is 6.20. The number of aliphatic carboxylic acids is 1. The monoisotopic (exact) mass is 344 g/mol. The van der Waals surface area contributed by atoms with Crippen molar-refractivity contribution < 1.29 is 23.1 Å². The van der Waals surface area contributed by atoms with Gasteiger partial charge in [0.15, 0.2) is 0 Å². The maximum absolute atomic E-state index is 11.9. The van der Waals surface area contributed by atoms with Crippen LogP contribution in [0.2, 0.25) is 0 Å². The quantitative estimate of drug-likeness (QED) is 0.556. The summed E-state index contributed by atoms with van der Waals surface area (Å²) < 4.78 is 26.1. The summed E-state index contributed by atoms with van der Waals surface area (Å²) in [6.07, 6.45) is 2.69. The first-order valence-electron chi connectivity index (χ1n) is 6.85. The Morgan fingerprint density at radius 2 is 2.09 bits per heavy atom. The Bertz CT molecular complexity index is 635. The number of hydrogen-bond donors (Lipinski definition) is 3. The van der Waals surface area contributed by atoms with Crippen LogP contribution in [0.1, 0.15) is 6.92 Å². The van der Waals surface area contributed by atoms with E-state index in [4.69, 9.17) is 5.11 Å². The summed E-state index contributed by atoms with van der Waals surface area (Å²) in [5, 5.41) is 11.3. The van der Waals surface area contributed by atoms with Crippen LogP contribution in [0.5, 0.6) is 0 Å². The number of amides is 2. The molecule has 1 unspecified atom stereocenters. The molecule has 0 fully saturated rings. The number of rotatable bonds is 8. The van der Waals surface area contributed by atoms with Crippen LogP contribution in [0.4, 0.5) is 4.79 Å². The molecule has 0 aromatic carbocycles. The minimum Gasteiger partial charge on any atom is -0.481 e. The van der Waals surface area contributed by atoms with Gasteiger partial charge in [-0.15, -0.1) is 0 Å². The minimum atomic E-state index is -3.66. The van der Waals surface area contributed by atoms with Gasteiger partial charge in [-0.2, -0.15) is 0 Å². The van der Waals surface area contributed by atoms with E-state index in [1.807, 2.05) is 0 Å². The minimum absolute atomic E-state index is 0.00525. The average molecular weight is 344 g/mol. The van der Waals surface area contributed by atoms with E-state index >= 15 is 0 Å². The summed E-state index contributed by atoms with van der Waals surface area (Å²) in [6, 6.07) is 2.45. The molecule has 0 spiro atoms. The first-order chi connectivity index (χ1) is 10.7. The fraction of sp³-hybridized carbons (Fsp3) is 0.462. The summed E-state index contributed by atoms with van der Waals surface area (Å²) in [5.74, 6) is -1.68. The Morgan fingerprint density at radius 3 is 2.65 bits per heavy atom. The highest BCUT2D eigenvalue weighted by atomic mass is 32.2. The van der Waals surface area contributed by atoms with Crippen molar-refractivity contribution in [3.8, 4) is 0 Å². The Labute approximate surface area is 134 Å². The Hall–Kier alpha value is -2.20. The molecule has 1 aromatic heterocycles. The second-order valence-corrected chi connectivity index (χ2v) is 6.71. The molecule has 0 aliphatic rings. The highest BCUT2D eigenvalue weighted by Crippen LogP contribution is 2.04. The maximum Gasteiger partial charge on any atom is 0.317 e. The Kier molecular flexibility index (Phi) is 6.91. The summed E-state index contributed by atoms with van der Waals surface area (Å²) in [6.45, 7) is 1.63. The third-order valence-electron chi connectivity index (χ3n) is 2.95. The molecule has 128 valence electrons. The maximum atomic E-state index is 11.9. The second-order valence-electron chi connectivity index (χ2n) is 4.94. The molecule has 0 saturated heterocycles. The fourth-order valence-corrected chi connectivity index (χ4v) is 2.65. The molecule has 10 heteroatoms. The second kappa shape index (κ2) is 8.44. The summed E-state index contributed by atoms with van der Waals surface area (Å²) in [5.41, 5.74) is 0. The van der Waals surface area contributed by atoms with Crippen molar-refractivity contribution >= 4 is 22.0 Å². The summed E-state index contributed by atoms with van der Waals surface area (Å²) >= 11 is 0. The van der Waals surface area contributed by atoms with Gasteiger partial charge in [0.1, 0.15) is 4.90 Å². The van der Waals surface area contributed by atoms with Gasteiger partial charge in [-0.1, -0.05) is 6.92 Å². The van der Waals surface area contributed by atoms with Gasteiger partial charge in [0.2, 0.25) is 10.0 Å². The lowest BCUT2D eigenvalue weighted by Crippen LogP contribution is -2.43. The molecule has 0 saturated carbocycles. The molecule has 1 aromatic rings. The van der Waals surface area contributed by atoms with Crippen LogP contribution in [0, 0.1) is 5.92 Å². The molecule has 0 aliphatic carbocycles. The van der Waals surface area contributed by atoms with Crippen LogP contribution >= 0.6 is 0 Å². The van der Waals surface area contributed by atoms with Gasteiger partial charge in [0.05, 0.1) is 5.92 Å². The summed E-state index contributed by atoms with van der Waals surface area (Å²) in [4.78, 5) is 27.5. The fourth-order valence-electron chi connectivity index (χ4n) is 1.65. The third-order valence-corrected chi connectivity index (χ3v) is 4.40. The molecule has 1 heterocycles. The first kappa shape index (κ1) is 18.8. The number of urea groups is 1. The van der Waals surface area contributed by atoms with E-state index < -0.39 is 27.9 Å². The van der Waals surface area contributed by atoms with E-state index in [9.17, 15) is 18.0 Å². The van der Waals surface area contributed by atoms with E-state index in [0.717, 1.165) is 0 Å². The van der Waals surface area contributed by atoms with Gasteiger partial charge >= 0.3 is 12.0 Å². The van der Waals surface area contributed by atoms with Gasteiger partial charge in [-0.25, -0.2) is 17.9 Å².